The number of hydrogen-bond donors (Lipinski definition) is 2. The van der Waals surface area contributed by atoms with Gasteiger partial charge in [0.2, 0.25) is 0 Å². The Morgan fingerprint density at radius 3 is 2.72 bits per heavy atom. The van der Waals surface area contributed by atoms with Crippen LogP contribution >= 0.6 is 0 Å². The number of aryl methyl sites for hydroxylation is 1. The first-order valence-corrected chi connectivity index (χ1v) is 9.72. The highest BCUT2D eigenvalue weighted by Crippen LogP contribution is 2.26. The molecule has 0 unspecified atom stereocenters. The maximum Gasteiger partial charge on any atom is 0.280 e. The number of benzene rings is 1. The van der Waals surface area contributed by atoms with E-state index < -0.39 is 11.5 Å². The maximum absolute atomic E-state index is 13.0. The molecule has 3 aromatic rings. The van der Waals surface area contributed by atoms with Crippen LogP contribution in [0.1, 0.15) is 48.7 Å². The minimum absolute atomic E-state index is 0.308. The first-order valence-electron chi connectivity index (χ1n) is 9.72. The number of carbonyl (C=O) groups excluding carboxylic acids is 1. The third-order valence-corrected chi connectivity index (χ3v) is 4.66. The Balaban J connectivity index is 1.93. The van der Waals surface area contributed by atoms with Crippen LogP contribution in [-0.4, -0.2) is 26.8 Å². The van der Waals surface area contributed by atoms with E-state index in [1.807, 2.05) is 0 Å². The van der Waals surface area contributed by atoms with Gasteiger partial charge in [-0.2, -0.15) is 5.10 Å². The number of hydrazone groups is 1. The number of nitrogens with one attached hydrogen (secondary N) is 1. The summed E-state index contributed by atoms with van der Waals surface area (Å²) in [7, 11) is 0. The average Bonchev–Trinajstić information content (AvgIpc) is 2.74. The van der Waals surface area contributed by atoms with Crippen molar-refractivity contribution in [1.29, 1.82) is 0 Å². The third-order valence-electron chi connectivity index (χ3n) is 4.66. The van der Waals surface area contributed by atoms with E-state index in [4.69, 9.17) is 0 Å². The zero-order valence-corrected chi connectivity index (χ0v) is 16.3. The number of fused-ring (bicyclic) bond motifs is 1. The predicted molar refractivity (Wildman–Crippen MR) is 113 cm³/mol. The number of unbranched alkanes of at least 4 members (excludes halogenated alkanes) is 3. The summed E-state index contributed by atoms with van der Waals surface area (Å²) in [5.74, 6) is -1.09. The molecule has 0 saturated carbocycles. The number of para-hydroxylation sites is 1. The molecule has 0 radical (unpaired) electrons. The van der Waals surface area contributed by atoms with Crippen LogP contribution in [-0.2, 0) is 6.54 Å². The van der Waals surface area contributed by atoms with E-state index in [9.17, 15) is 14.7 Å². The highest BCUT2D eigenvalue weighted by atomic mass is 16.3. The number of carbonyl (C=O) groups is 1. The fourth-order valence-electron chi connectivity index (χ4n) is 3.18. The van der Waals surface area contributed by atoms with Crippen molar-refractivity contribution in [3.05, 3.63) is 70.3 Å². The third kappa shape index (κ3) is 4.68. The van der Waals surface area contributed by atoms with E-state index in [2.05, 4.69) is 22.4 Å². The standard InChI is InChI=1S/C22H24N4O3/c1-2-3-4-9-14-26-18-12-6-5-11-17(18)20(27)19(22(26)29)21(28)25-24-15-16-10-7-8-13-23-16/h5-8,10-13,15,27H,2-4,9,14H2,1H3,(H,25,28)/b24-15+. The van der Waals surface area contributed by atoms with Gasteiger partial charge in [-0.25, -0.2) is 5.43 Å². The van der Waals surface area contributed by atoms with E-state index in [0.29, 0.717) is 23.1 Å². The molecular formula is C22H24N4O3. The first-order chi connectivity index (χ1) is 14.1. The Labute approximate surface area is 168 Å². The molecule has 0 aliphatic carbocycles. The Hall–Kier alpha value is -3.48. The van der Waals surface area contributed by atoms with Crippen LogP contribution in [0.3, 0.4) is 0 Å². The Bertz CT molecular complexity index is 1070. The molecule has 2 N–H and O–H groups in total. The largest absolute Gasteiger partial charge is 0.506 e. The number of amides is 1. The van der Waals surface area contributed by atoms with Crippen molar-refractivity contribution in [3.63, 3.8) is 0 Å². The summed E-state index contributed by atoms with van der Waals surface area (Å²) < 4.78 is 1.56. The van der Waals surface area contributed by atoms with Crippen molar-refractivity contribution in [2.24, 2.45) is 5.10 Å². The van der Waals surface area contributed by atoms with Crippen LogP contribution in [0, 0.1) is 0 Å². The van der Waals surface area contributed by atoms with Gasteiger partial charge in [0, 0.05) is 18.1 Å². The lowest BCUT2D eigenvalue weighted by molar-refractivity contribution is 0.0950. The molecule has 2 heterocycles. The molecule has 0 saturated heterocycles. The van der Waals surface area contributed by atoms with Crippen LogP contribution in [0.5, 0.6) is 5.75 Å². The van der Waals surface area contributed by atoms with Gasteiger partial charge < -0.3 is 9.67 Å². The van der Waals surface area contributed by atoms with Crippen LogP contribution in [0.4, 0.5) is 0 Å². The van der Waals surface area contributed by atoms with Crippen LogP contribution < -0.4 is 11.0 Å². The molecule has 1 amide bonds. The molecule has 3 rings (SSSR count). The summed E-state index contributed by atoms with van der Waals surface area (Å²) in [6.07, 6.45) is 6.97. The Morgan fingerprint density at radius 1 is 1.17 bits per heavy atom. The summed E-state index contributed by atoms with van der Waals surface area (Å²) >= 11 is 0. The number of pyridine rings is 2. The van der Waals surface area contributed by atoms with E-state index in [-0.39, 0.29) is 11.3 Å². The van der Waals surface area contributed by atoms with Crippen molar-refractivity contribution in [2.45, 2.75) is 39.2 Å². The minimum atomic E-state index is -0.757. The summed E-state index contributed by atoms with van der Waals surface area (Å²) in [4.78, 5) is 29.7. The van der Waals surface area contributed by atoms with E-state index in [0.717, 1.165) is 25.7 Å². The lowest BCUT2D eigenvalue weighted by atomic mass is 10.1. The van der Waals surface area contributed by atoms with Gasteiger partial charge in [0.1, 0.15) is 11.3 Å². The van der Waals surface area contributed by atoms with Gasteiger partial charge in [0.25, 0.3) is 11.5 Å². The van der Waals surface area contributed by atoms with Crippen molar-refractivity contribution in [2.75, 3.05) is 0 Å². The summed E-state index contributed by atoms with van der Waals surface area (Å²) in [6.45, 7) is 2.60. The second-order valence-corrected chi connectivity index (χ2v) is 6.71. The van der Waals surface area contributed by atoms with E-state index in [1.54, 1.807) is 53.2 Å². The van der Waals surface area contributed by atoms with E-state index >= 15 is 0 Å². The van der Waals surface area contributed by atoms with Crippen LogP contribution in [0.25, 0.3) is 10.9 Å². The van der Waals surface area contributed by atoms with Crippen LogP contribution in [0.15, 0.2) is 58.6 Å². The van der Waals surface area contributed by atoms with Gasteiger partial charge in [-0.15, -0.1) is 0 Å². The summed E-state index contributed by atoms with van der Waals surface area (Å²) in [5, 5.41) is 14.9. The van der Waals surface area contributed by atoms with Crippen molar-refractivity contribution in [3.8, 4) is 5.75 Å². The van der Waals surface area contributed by atoms with Gasteiger partial charge in [-0.1, -0.05) is 44.4 Å². The highest BCUT2D eigenvalue weighted by molar-refractivity contribution is 6.02. The monoisotopic (exact) mass is 392 g/mol. The van der Waals surface area contributed by atoms with Gasteiger partial charge in [0.05, 0.1) is 17.4 Å². The molecular weight excluding hydrogens is 368 g/mol. The average molecular weight is 392 g/mol. The maximum atomic E-state index is 13.0. The number of aromatic hydroxyl groups is 1. The lowest BCUT2D eigenvalue weighted by Crippen LogP contribution is -2.31. The fourth-order valence-corrected chi connectivity index (χ4v) is 3.18. The Morgan fingerprint density at radius 2 is 1.97 bits per heavy atom. The van der Waals surface area contributed by atoms with Crippen molar-refractivity contribution < 1.29 is 9.90 Å². The molecule has 0 atom stereocenters. The number of aromatic nitrogens is 2. The van der Waals surface area contributed by atoms with E-state index in [1.165, 1.54) is 6.21 Å². The molecule has 0 bridgehead atoms. The second kappa shape index (κ2) is 9.64. The number of hydrogen-bond acceptors (Lipinski definition) is 5. The topological polar surface area (TPSA) is 96.6 Å². The highest BCUT2D eigenvalue weighted by Gasteiger charge is 2.21. The molecule has 0 spiro atoms. The Kier molecular flexibility index (Phi) is 6.73. The fraction of sp³-hybridized carbons (Fsp3) is 0.273. The lowest BCUT2D eigenvalue weighted by Gasteiger charge is -2.14. The number of nitrogens with zero attached hydrogens (tertiary/aromatic N) is 3. The quantitative estimate of drug-likeness (QED) is 0.349. The molecule has 1 aromatic carbocycles. The molecule has 0 aliphatic rings. The summed E-state index contributed by atoms with van der Waals surface area (Å²) in [6, 6.07) is 12.3. The molecule has 2 aromatic heterocycles. The normalized spacial score (nSPS) is 11.2. The van der Waals surface area contributed by atoms with Gasteiger partial charge >= 0.3 is 0 Å². The zero-order valence-electron chi connectivity index (χ0n) is 16.3. The van der Waals surface area contributed by atoms with Gasteiger partial charge in [-0.3, -0.25) is 14.6 Å². The minimum Gasteiger partial charge on any atom is -0.506 e. The molecule has 7 nitrogen and oxygen atoms in total. The molecule has 7 heteroatoms. The van der Waals surface area contributed by atoms with Gasteiger partial charge in [-0.05, 0) is 30.7 Å². The summed E-state index contributed by atoms with van der Waals surface area (Å²) in [5.41, 5.74) is 2.65. The van der Waals surface area contributed by atoms with Crippen molar-refractivity contribution >= 4 is 23.0 Å². The molecule has 0 aliphatic heterocycles. The molecule has 150 valence electrons. The van der Waals surface area contributed by atoms with Gasteiger partial charge in [0.15, 0.2) is 0 Å². The molecule has 0 fully saturated rings. The zero-order chi connectivity index (χ0) is 20.6. The second-order valence-electron chi connectivity index (χ2n) is 6.71. The van der Waals surface area contributed by atoms with Crippen LogP contribution in [0.2, 0.25) is 0 Å². The van der Waals surface area contributed by atoms with Crippen molar-refractivity contribution in [1.82, 2.24) is 15.0 Å². The number of rotatable bonds is 8. The smallest absolute Gasteiger partial charge is 0.280 e. The molecule has 29 heavy (non-hydrogen) atoms. The SMILES string of the molecule is CCCCCCn1c(=O)c(C(=O)N/N=C/c2ccccn2)c(O)c2ccccc21. The first kappa shape index (κ1) is 20.3. The predicted octanol–water partition coefficient (Wildman–Crippen LogP) is 3.45.